The van der Waals surface area contributed by atoms with Crippen LogP contribution in [0.2, 0.25) is 5.02 Å². The molecule has 0 fully saturated rings. The van der Waals surface area contributed by atoms with Crippen LogP contribution in [-0.2, 0) is 4.79 Å². The first-order chi connectivity index (χ1) is 14.1. The van der Waals surface area contributed by atoms with Gasteiger partial charge < -0.3 is 15.4 Å². The van der Waals surface area contributed by atoms with E-state index in [1.807, 2.05) is 50.2 Å². The van der Waals surface area contributed by atoms with E-state index in [2.05, 4.69) is 20.7 Å². The van der Waals surface area contributed by atoms with E-state index in [1.54, 1.807) is 16.8 Å². The molecule has 2 N–H and O–H groups in total. The molecule has 1 aliphatic heterocycles. The van der Waals surface area contributed by atoms with Crippen LogP contribution in [0.1, 0.15) is 25.5 Å². The SMILES string of the molecule is CCOc1ccccc1NC(=O)C1=C(C)Nc2ncnn2C1c1ccc(Cl)cc1. The van der Waals surface area contributed by atoms with Crippen molar-refractivity contribution in [2.24, 2.45) is 0 Å². The molecule has 0 saturated heterocycles. The van der Waals surface area contributed by atoms with Gasteiger partial charge in [0.2, 0.25) is 5.95 Å². The molecule has 8 heteroatoms. The topological polar surface area (TPSA) is 81.1 Å². The Balaban J connectivity index is 1.74. The van der Waals surface area contributed by atoms with Crippen LogP contribution in [0, 0.1) is 0 Å². The first-order valence-electron chi connectivity index (χ1n) is 9.24. The van der Waals surface area contributed by atoms with Gasteiger partial charge in [-0.25, -0.2) is 4.68 Å². The monoisotopic (exact) mass is 409 g/mol. The lowest BCUT2D eigenvalue weighted by Crippen LogP contribution is -2.31. The van der Waals surface area contributed by atoms with Crippen LogP contribution >= 0.6 is 11.6 Å². The van der Waals surface area contributed by atoms with Crippen molar-refractivity contribution in [3.63, 3.8) is 0 Å². The zero-order valence-electron chi connectivity index (χ0n) is 16.0. The van der Waals surface area contributed by atoms with Gasteiger partial charge in [0.05, 0.1) is 17.9 Å². The number of hydrogen-bond acceptors (Lipinski definition) is 5. The third-order valence-corrected chi connectivity index (χ3v) is 4.91. The lowest BCUT2D eigenvalue weighted by atomic mass is 9.95. The number of ether oxygens (including phenoxy) is 1. The van der Waals surface area contributed by atoms with E-state index >= 15 is 0 Å². The van der Waals surface area contributed by atoms with Crippen molar-refractivity contribution in [3.8, 4) is 5.75 Å². The number of benzene rings is 2. The molecule has 2 aromatic carbocycles. The fraction of sp³-hybridized carbons (Fsp3) is 0.190. The van der Waals surface area contributed by atoms with Crippen molar-refractivity contribution in [3.05, 3.63) is 76.7 Å². The first-order valence-corrected chi connectivity index (χ1v) is 9.62. The molecule has 1 amide bonds. The van der Waals surface area contributed by atoms with E-state index < -0.39 is 6.04 Å². The summed E-state index contributed by atoms with van der Waals surface area (Å²) < 4.78 is 7.33. The molecule has 1 atom stereocenters. The number of aromatic nitrogens is 3. The van der Waals surface area contributed by atoms with Crippen molar-refractivity contribution in [1.29, 1.82) is 0 Å². The van der Waals surface area contributed by atoms with Crippen LogP contribution in [0.5, 0.6) is 5.75 Å². The lowest BCUT2D eigenvalue weighted by Gasteiger charge is -2.29. The summed E-state index contributed by atoms with van der Waals surface area (Å²) in [6.45, 7) is 4.26. The summed E-state index contributed by atoms with van der Waals surface area (Å²) in [6, 6.07) is 14.3. The summed E-state index contributed by atoms with van der Waals surface area (Å²) in [7, 11) is 0. The molecule has 2 heterocycles. The summed E-state index contributed by atoms with van der Waals surface area (Å²) in [5, 5.41) is 11.1. The standard InChI is InChI=1S/C21H20ClN5O2/c1-3-29-17-7-5-4-6-16(17)26-20(28)18-13(2)25-21-23-12-24-27(21)19(18)14-8-10-15(22)11-9-14/h4-12,19H,3H2,1-2H3,(H,26,28)(H,23,24,25). The molecule has 0 radical (unpaired) electrons. The molecule has 0 aliphatic carbocycles. The zero-order chi connectivity index (χ0) is 20.4. The highest BCUT2D eigenvalue weighted by atomic mass is 35.5. The highest BCUT2D eigenvalue weighted by Gasteiger charge is 2.33. The summed E-state index contributed by atoms with van der Waals surface area (Å²) in [5.74, 6) is 0.951. The Kier molecular flexibility index (Phi) is 5.22. The van der Waals surface area contributed by atoms with Crippen molar-refractivity contribution >= 4 is 29.1 Å². The van der Waals surface area contributed by atoms with Crippen molar-refractivity contribution in [1.82, 2.24) is 14.8 Å². The number of hydrogen-bond donors (Lipinski definition) is 2. The Hall–Kier alpha value is -3.32. The van der Waals surface area contributed by atoms with Gasteiger partial charge in [-0.05, 0) is 43.7 Å². The quantitative estimate of drug-likeness (QED) is 0.658. The van der Waals surface area contributed by atoms with Crippen molar-refractivity contribution < 1.29 is 9.53 Å². The predicted molar refractivity (Wildman–Crippen MR) is 112 cm³/mol. The normalized spacial score (nSPS) is 15.5. The molecule has 0 spiro atoms. The number of rotatable bonds is 5. The van der Waals surface area contributed by atoms with Crippen LogP contribution in [0.4, 0.5) is 11.6 Å². The largest absolute Gasteiger partial charge is 0.492 e. The van der Waals surface area contributed by atoms with Gasteiger partial charge in [0.25, 0.3) is 5.91 Å². The maximum absolute atomic E-state index is 13.4. The number of halogens is 1. The number of para-hydroxylation sites is 2. The molecule has 7 nitrogen and oxygen atoms in total. The summed E-state index contributed by atoms with van der Waals surface area (Å²) in [4.78, 5) is 17.6. The average molecular weight is 410 g/mol. The molecule has 3 aromatic rings. The number of anilines is 2. The third kappa shape index (κ3) is 3.69. The highest BCUT2D eigenvalue weighted by molar-refractivity contribution is 6.30. The van der Waals surface area contributed by atoms with E-state index in [1.165, 1.54) is 6.33 Å². The lowest BCUT2D eigenvalue weighted by molar-refractivity contribution is -0.113. The molecule has 148 valence electrons. The van der Waals surface area contributed by atoms with Gasteiger partial charge >= 0.3 is 0 Å². The van der Waals surface area contributed by atoms with E-state index in [4.69, 9.17) is 16.3 Å². The molecule has 29 heavy (non-hydrogen) atoms. The minimum Gasteiger partial charge on any atom is -0.492 e. The van der Waals surface area contributed by atoms with Crippen LogP contribution < -0.4 is 15.4 Å². The van der Waals surface area contributed by atoms with Gasteiger partial charge in [0, 0.05) is 10.7 Å². The number of nitrogens with zero attached hydrogens (tertiary/aromatic N) is 3. The van der Waals surface area contributed by atoms with E-state index in [9.17, 15) is 4.79 Å². The summed E-state index contributed by atoms with van der Waals surface area (Å²) in [5.41, 5.74) is 2.73. The minimum absolute atomic E-state index is 0.247. The highest BCUT2D eigenvalue weighted by Crippen LogP contribution is 2.36. The van der Waals surface area contributed by atoms with Crippen molar-refractivity contribution in [2.45, 2.75) is 19.9 Å². The Bertz CT molecular complexity index is 1070. The van der Waals surface area contributed by atoms with Gasteiger partial charge in [0.1, 0.15) is 18.1 Å². The van der Waals surface area contributed by atoms with Crippen molar-refractivity contribution in [2.75, 3.05) is 17.2 Å². The fourth-order valence-corrected chi connectivity index (χ4v) is 3.51. The molecule has 1 aromatic heterocycles. The Morgan fingerprint density at radius 2 is 2.00 bits per heavy atom. The fourth-order valence-electron chi connectivity index (χ4n) is 3.38. The van der Waals surface area contributed by atoms with E-state index in [0.29, 0.717) is 40.3 Å². The summed E-state index contributed by atoms with van der Waals surface area (Å²) in [6.07, 6.45) is 1.46. The third-order valence-electron chi connectivity index (χ3n) is 4.66. The van der Waals surface area contributed by atoms with Gasteiger partial charge in [-0.15, -0.1) is 0 Å². The van der Waals surface area contributed by atoms with E-state index in [-0.39, 0.29) is 5.91 Å². The number of carbonyl (C=O) groups is 1. The number of fused-ring (bicyclic) bond motifs is 1. The van der Waals surface area contributed by atoms with Gasteiger partial charge in [-0.1, -0.05) is 35.9 Å². The first kappa shape index (κ1) is 19.0. The maximum Gasteiger partial charge on any atom is 0.255 e. The average Bonchev–Trinajstić information content (AvgIpc) is 3.17. The van der Waals surface area contributed by atoms with E-state index in [0.717, 1.165) is 5.56 Å². The second-order valence-electron chi connectivity index (χ2n) is 6.53. The zero-order valence-corrected chi connectivity index (χ0v) is 16.8. The summed E-state index contributed by atoms with van der Waals surface area (Å²) >= 11 is 6.06. The Morgan fingerprint density at radius 1 is 1.24 bits per heavy atom. The Labute approximate surface area is 173 Å². The van der Waals surface area contributed by atoms with Gasteiger partial charge in [0.15, 0.2) is 0 Å². The van der Waals surface area contributed by atoms with Crippen LogP contribution in [0.25, 0.3) is 0 Å². The van der Waals surface area contributed by atoms with Crippen LogP contribution in [-0.4, -0.2) is 27.3 Å². The smallest absolute Gasteiger partial charge is 0.255 e. The second kappa shape index (κ2) is 7.97. The van der Waals surface area contributed by atoms with Gasteiger partial charge in [-0.3, -0.25) is 4.79 Å². The molecule has 0 bridgehead atoms. The number of carbonyl (C=O) groups excluding carboxylic acids is 1. The number of allylic oxidation sites excluding steroid dienone is 1. The molecule has 0 saturated carbocycles. The molecule has 4 rings (SSSR count). The molecular weight excluding hydrogens is 390 g/mol. The van der Waals surface area contributed by atoms with Crippen LogP contribution in [0.15, 0.2) is 66.1 Å². The molecular formula is C21H20ClN5O2. The predicted octanol–water partition coefficient (Wildman–Crippen LogP) is 4.26. The van der Waals surface area contributed by atoms with Gasteiger partial charge in [-0.2, -0.15) is 10.1 Å². The second-order valence-corrected chi connectivity index (χ2v) is 6.97. The molecule has 1 aliphatic rings. The maximum atomic E-state index is 13.4. The Morgan fingerprint density at radius 3 is 2.76 bits per heavy atom. The minimum atomic E-state index is -0.440. The van der Waals surface area contributed by atoms with Crippen LogP contribution in [0.3, 0.4) is 0 Å². The number of nitrogens with one attached hydrogen (secondary N) is 2. The molecule has 1 unspecified atom stereocenters. The number of amides is 1.